The molecule has 0 bridgehead atoms. The van der Waals surface area contributed by atoms with Crippen molar-refractivity contribution in [2.24, 2.45) is 0 Å². The number of thioether (sulfide) groups is 1. The second-order valence-corrected chi connectivity index (χ2v) is 12.1. The van der Waals surface area contributed by atoms with Crippen LogP contribution in [-0.4, -0.2) is 13.4 Å². The minimum Gasteiger partial charge on any atom is -0.497 e. The van der Waals surface area contributed by atoms with Gasteiger partial charge in [-0.05, 0) is 87.8 Å². The third kappa shape index (κ3) is 4.52. The number of ether oxygens (including phenoxy) is 3. The number of hydrogen-bond acceptors (Lipinski definition) is 4. The zero-order valence-corrected chi connectivity index (χ0v) is 25.8. The summed E-state index contributed by atoms with van der Waals surface area (Å²) in [5, 5.41) is 6.85. The van der Waals surface area contributed by atoms with Gasteiger partial charge < -0.3 is 14.2 Å². The Balaban J connectivity index is 1.46. The van der Waals surface area contributed by atoms with Crippen LogP contribution in [0.4, 0.5) is 0 Å². The van der Waals surface area contributed by atoms with E-state index in [1.54, 1.807) is 18.9 Å². The number of para-hydroxylation sites is 1. The Morgan fingerprint density at radius 3 is 1.82 bits per heavy atom. The fourth-order valence-corrected chi connectivity index (χ4v) is 6.94. The Labute approximate surface area is 266 Å². The first-order valence-electron chi connectivity index (χ1n) is 15.0. The number of fused-ring (bicyclic) bond motifs is 8. The molecule has 0 saturated heterocycles. The van der Waals surface area contributed by atoms with Crippen LogP contribution in [0.3, 0.4) is 0 Å². The van der Waals surface area contributed by atoms with Gasteiger partial charge in [0.1, 0.15) is 23.0 Å². The average Bonchev–Trinajstić information content (AvgIpc) is 3.12. The van der Waals surface area contributed by atoms with Crippen molar-refractivity contribution in [3.05, 3.63) is 156 Å². The van der Waals surface area contributed by atoms with Crippen LogP contribution < -0.4 is 14.2 Å². The fraction of sp³-hybridized carbons (Fsp3) is 0.0732. The molecule has 3 nitrogen and oxygen atoms in total. The van der Waals surface area contributed by atoms with Gasteiger partial charge in [0.25, 0.3) is 0 Å². The molecule has 218 valence electrons. The molecule has 0 aromatic heterocycles. The van der Waals surface area contributed by atoms with Crippen molar-refractivity contribution in [3.63, 3.8) is 0 Å². The van der Waals surface area contributed by atoms with Gasteiger partial charge in [-0.1, -0.05) is 91.0 Å². The first kappa shape index (κ1) is 27.4. The SMILES string of the molecule is COc1ccc(C2(c3ccc(SC)cc3)C=Cc3c(Oc4ccccc4)cc4c5ccccc5c5ccccc5c4c3O2)cc1. The van der Waals surface area contributed by atoms with Crippen LogP contribution >= 0.6 is 11.8 Å². The third-order valence-corrected chi connectivity index (χ3v) is 9.49. The maximum atomic E-state index is 7.47. The van der Waals surface area contributed by atoms with E-state index in [0.717, 1.165) is 61.2 Å². The van der Waals surface area contributed by atoms with Crippen molar-refractivity contribution in [2.45, 2.75) is 10.5 Å². The van der Waals surface area contributed by atoms with E-state index in [9.17, 15) is 0 Å². The predicted octanol–water partition coefficient (Wildman–Crippen LogP) is 11.0. The van der Waals surface area contributed by atoms with Gasteiger partial charge in [-0.3, -0.25) is 0 Å². The first-order valence-corrected chi connectivity index (χ1v) is 16.2. The van der Waals surface area contributed by atoms with E-state index < -0.39 is 5.60 Å². The van der Waals surface area contributed by atoms with Crippen molar-refractivity contribution in [1.29, 1.82) is 0 Å². The average molecular weight is 603 g/mol. The fourth-order valence-electron chi connectivity index (χ4n) is 6.53. The quantitative estimate of drug-likeness (QED) is 0.140. The molecule has 1 unspecified atom stereocenters. The molecule has 1 atom stereocenters. The molecular weight excluding hydrogens is 573 g/mol. The van der Waals surface area contributed by atoms with Gasteiger partial charge in [0.2, 0.25) is 0 Å². The van der Waals surface area contributed by atoms with Crippen LogP contribution in [0.2, 0.25) is 0 Å². The highest BCUT2D eigenvalue weighted by Gasteiger charge is 2.39. The summed E-state index contributed by atoms with van der Waals surface area (Å²) in [6.07, 6.45) is 6.43. The maximum absolute atomic E-state index is 7.47. The van der Waals surface area contributed by atoms with E-state index in [1.807, 2.05) is 42.5 Å². The van der Waals surface area contributed by atoms with E-state index in [0.29, 0.717) is 0 Å². The lowest BCUT2D eigenvalue weighted by Crippen LogP contribution is -2.34. The molecule has 0 amide bonds. The molecule has 0 N–H and O–H groups in total. The van der Waals surface area contributed by atoms with Crippen LogP contribution in [0.5, 0.6) is 23.0 Å². The highest BCUT2D eigenvalue weighted by molar-refractivity contribution is 7.98. The van der Waals surface area contributed by atoms with Crippen molar-refractivity contribution in [1.82, 2.24) is 0 Å². The first-order chi connectivity index (χ1) is 22.2. The molecule has 8 rings (SSSR count). The molecule has 7 aromatic rings. The van der Waals surface area contributed by atoms with Crippen molar-refractivity contribution in [3.8, 4) is 23.0 Å². The van der Waals surface area contributed by atoms with Crippen molar-refractivity contribution in [2.75, 3.05) is 13.4 Å². The van der Waals surface area contributed by atoms with Gasteiger partial charge in [0.15, 0.2) is 5.60 Å². The Morgan fingerprint density at radius 2 is 1.18 bits per heavy atom. The summed E-state index contributed by atoms with van der Waals surface area (Å²) >= 11 is 1.73. The van der Waals surface area contributed by atoms with Gasteiger partial charge in [-0.2, -0.15) is 0 Å². The lowest BCUT2D eigenvalue weighted by atomic mass is 9.82. The Bertz CT molecular complexity index is 2170. The van der Waals surface area contributed by atoms with E-state index in [4.69, 9.17) is 14.2 Å². The Hall–Kier alpha value is -5.19. The highest BCUT2D eigenvalue weighted by Crippen LogP contribution is 2.52. The van der Waals surface area contributed by atoms with E-state index in [2.05, 4.69) is 109 Å². The molecule has 4 heteroatoms. The van der Waals surface area contributed by atoms with Crippen molar-refractivity contribution >= 4 is 50.2 Å². The second-order valence-electron chi connectivity index (χ2n) is 11.2. The van der Waals surface area contributed by atoms with E-state index in [-0.39, 0.29) is 0 Å². The number of rotatable bonds is 6. The monoisotopic (exact) mass is 602 g/mol. The minimum absolute atomic E-state index is 0.751. The summed E-state index contributed by atoms with van der Waals surface area (Å²) in [6.45, 7) is 0. The van der Waals surface area contributed by atoms with Crippen molar-refractivity contribution < 1.29 is 14.2 Å². The summed E-state index contributed by atoms with van der Waals surface area (Å²) in [4.78, 5) is 1.20. The van der Waals surface area contributed by atoms with Crippen LogP contribution in [0, 0.1) is 0 Å². The number of hydrogen-bond donors (Lipinski definition) is 0. The maximum Gasteiger partial charge on any atom is 0.178 e. The predicted molar refractivity (Wildman–Crippen MR) is 187 cm³/mol. The Morgan fingerprint density at radius 1 is 0.600 bits per heavy atom. The highest BCUT2D eigenvalue weighted by atomic mass is 32.2. The molecule has 45 heavy (non-hydrogen) atoms. The van der Waals surface area contributed by atoms with Gasteiger partial charge in [0.05, 0.1) is 12.7 Å². The molecule has 0 aliphatic carbocycles. The largest absolute Gasteiger partial charge is 0.497 e. The summed E-state index contributed by atoms with van der Waals surface area (Å²) in [6, 6.07) is 46.2. The van der Waals surface area contributed by atoms with E-state index >= 15 is 0 Å². The summed E-state index contributed by atoms with van der Waals surface area (Å²) in [5.74, 6) is 3.12. The van der Waals surface area contributed by atoms with Crippen LogP contribution in [0.1, 0.15) is 16.7 Å². The van der Waals surface area contributed by atoms with Crippen LogP contribution in [0.15, 0.2) is 144 Å². The number of methoxy groups -OCH3 is 1. The van der Waals surface area contributed by atoms with Gasteiger partial charge >= 0.3 is 0 Å². The summed E-state index contributed by atoms with van der Waals surface area (Å²) in [7, 11) is 1.69. The van der Waals surface area contributed by atoms with E-state index in [1.165, 1.54) is 15.7 Å². The molecule has 0 fully saturated rings. The molecule has 0 radical (unpaired) electrons. The summed E-state index contributed by atoms with van der Waals surface area (Å²) in [5.41, 5.74) is 2.08. The lowest BCUT2D eigenvalue weighted by Gasteiger charge is -2.37. The zero-order chi connectivity index (χ0) is 30.4. The molecule has 1 aliphatic heterocycles. The topological polar surface area (TPSA) is 27.7 Å². The second kappa shape index (κ2) is 11.1. The van der Waals surface area contributed by atoms with Gasteiger partial charge in [-0.25, -0.2) is 0 Å². The third-order valence-electron chi connectivity index (χ3n) is 8.74. The molecular formula is C41H30O3S. The Kier molecular flexibility index (Phi) is 6.73. The minimum atomic E-state index is -0.888. The zero-order valence-electron chi connectivity index (χ0n) is 25.0. The standard InChI is InChI=1S/C41H30O3S/c1-42-29-20-16-27(17-21-29)41(28-18-22-31(45-2)23-19-28)25-24-36-38(43-30-10-4-3-5-11-30)26-37-34-14-7-6-12-32(34)33-13-8-9-15-35(33)39(37)40(36)44-41/h3-26H,1-2H3. The number of benzene rings is 7. The molecule has 0 saturated carbocycles. The van der Waals surface area contributed by atoms with Gasteiger partial charge in [-0.15, -0.1) is 11.8 Å². The lowest BCUT2D eigenvalue weighted by molar-refractivity contribution is 0.163. The smallest absolute Gasteiger partial charge is 0.178 e. The van der Waals surface area contributed by atoms with Gasteiger partial charge in [0, 0.05) is 21.4 Å². The summed E-state index contributed by atoms with van der Waals surface area (Å²) < 4.78 is 19.6. The molecule has 0 spiro atoms. The van der Waals surface area contributed by atoms with Crippen LogP contribution in [-0.2, 0) is 5.60 Å². The molecule has 7 aromatic carbocycles. The normalized spacial score (nSPS) is 15.6. The van der Waals surface area contributed by atoms with Crippen LogP contribution in [0.25, 0.3) is 38.4 Å². The molecule has 1 aliphatic rings. The molecule has 1 heterocycles.